The van der Waals surface area contributed by atoms with Crippen molar-refractivity contribution in [3.63, 3.8) is 0 Å². The van der Waals surface area contributed by atoms with Crippen LogP contribution in [-0.2, 0) is 11.8 Å². The van der Waals surface area contributed by atoms with Crippen LogP contribution in [0.4, 0.5) is 5.95 Å². The second-order valence-corrected chi connectivity index (χ2v) is 5.96. The third kappa shape index (κ3) is 3.37. The zero-order valence-corrected chi connectivity index (χ0v) is 13.6. The quantitative estimate of drug-likeness (QED) is 0.876. The Bertz CT molecular complexity index is 718. The summed E-state index contributed by atoms with van der Waals surface area (Å²) in [6.07, 6.45) is 5.15. The van der Waals surface area contributed by atoms with Gasteiger partial charge in [-0.1, -0.05) is 23.7 Å². The molecule has 1 aromatic heterocycles. The van der Waals surface area contributed by atoms with E-state index in [4.69, 9.17) is 17.3 Å². The number of hydrogen-bond donors (Lipinski definition) is 1. The Labute approximate surface area is 139 Å². The molecule has 0 bridgehead atoms. The van der Waals surface area contributed by atoms with Gasteiger partial charge in [-0.25, -0.2) is 4.68 Å². The molecule has 1 aliphatic rings. The molecule has 1 aliphatic heterocycles. The Morgan fingerprint density at radius 3 is 2.78 bits per heavy atom. The number of aromatic nitrogens is 3. The summed E-state index contributed by atoms with van der Waals surface area (Å²) in [5, 5.41) is 4.97. The molecule has 0 saturated carbocycles. The highest BCUT2D eigenvalue weighted by Gasteiger charge is 2.32. The number of benzene rings is 1. The SMILES string of the molecule is Cn1nc(C2CCCN2C(=O)/C=C/c2ccc(Cl)cc2)nc1N. The Hall–Kier alpha value is -2.34. The number of nitrogens with zero attached hydrogens (tertiary/aromatic N) is 4. The first-order valence-corrected chi connectivity index (χ1v) is 7.83. The van der Waals surface area contributed by atoms with E-state index in [2.05, 4.69) is 10.1 Å². The molecule has 0 radical (unpaired) electrons. The minimum Gasteiger partial charge on any atom is -0.368 e. The maximum absolute atomic E-state index is 12.5. The molecular weight excluding hydrogens is 314 g/mol. The number of amides is 1. The number of aryl methyl sites for hydroxylation is 1. The summed E-state index contributed by atoms with van der Waals surface area (Å²) in [5.74, 6) is 0.917. The molecule has 2 heterocycles. The standard InChI is InChI=1S/C16H18ClN5O/c1-21-16(18)19-15(20-21)13-3-2-10-22(13)14(23)9-6-11-4-7-12(17)8-5-11/h4-9,13H,2-3,10H2,1H3,(H2,18,19,20)/b9-6+. The lowest BCUT2D eigenvalue weighted by Crippen LogP contribution is -2.29. The number of hydrogen-bond acceptors (Lipinski definition) is 4. The van der Waals surface area contributed by atoms with Gasteiger partial charge in [-0.15, -0.1) is 0 Å². The normalized spacial score (nSPS) is 18.0. The Morgan fingerprint density at radius 2 is 2.13 bits per heavy atom. The van der Waals surface area contributed by atoms with E-state index < -0.39 is 0 Å². The number of nitrogen functional groups attached to an aromatic ring is 1. The number of carbonyl (C=O) groups excluding carboxylic acids is 1. The molecule has 2 aromatic rings. The summed E-state index contributed by atoms with van der Waals surface area (Å²) < 4.78 is 1.53. The Balaban J connectivity index is 1.74. The van der Waals surface area contributed by atoms with Gasteiger partial charge in [0.2, 0.25) is 11.9 Å². The fraction of sp³-hybridized carbons (Fsp3) is 0.312. The van der Waals surface area contributed by atoms with Crippen molar-refractivity contribution in [3.8, 4) is 0 Å². The molecule has 1 unspecified atom stereocenters. The van der Waals surface area contributed by atoms with Gasteiger partial charge in [-0.2, -0.15) is 10.1 Å². The van der Waals surface area contributed by atoms with Crippen LogP contribution in [-0.4, -0.2) is 32.1 Å². The highest BCUT2D eigenvalue weighted by molar-refractivity contribution is 6.30. The molecule has 0 spiro atoms. The van der Waals surface area contributed by atoms with E-state index in [1.807, 2.05) is 12.1 Å². The Morgan fingerprint density at radius 1 is 1.39 bits per heavy atom. The lowest BCUT2D eigenvalue weighted by Gasteiger charge is -2.20. The molecule has 1 saturated heterocycles. The second kappa shape index (κ2) is 6.42. The first kappa shape index (κ1) is 15.6. The molecule has 2 N–H and O–H groups in total. The minimum absolute atomic E-state index is 0.0477. The maximum Gasteiger partial charge on any atom is 0.247 e. The molecule has 6 nitrogen and oxygen atoms in total. The predicted octanol–water partition coefficient (Wildman–Crippen LogP) is 2.43. The van der Waals surface area contributed by atoms with E-state index in [0.717, 1.165) is 18.4 Å². The summed E-state index contributed by atoms with van der Waals surface area (Å²) in [4.78, 5) is 18.5. The largest absolute Gasteiger partial charge is 0.368 e. The number of carbonyl (C=O) groups is 1. The van der Waals surface area contributed by atoms with Gasteiger partial charge in [0.05, 0.1) is 6.04 Å². The van der Waals surface area contributed by atoms with Crippen LogP contribution in [0.1, 0.15) is 30.3 Å². The van der Waals surface area contributed by atoms with Gasteiger partial charge in [0.1, 0.15) is 0 Å². The number of likely N-dealkylation sites (tertiary alicyclic amines) is 1. The van der Waals surface area contributed by atoms with E-state index in [1.54, 1.807) is 36.2 Å². The van der Waals surface area contributed by atoms with Crippen molar-refractivity contribution in [3.05, 3.63) is 46.8 Å². The molecule has 7 heteroatoms. The van der Waals surface area contributed by atoms with Gasteiger partial charge in [-0.3, -0.25) is 4.79 Å². The fourth-order valence-electron chi connectivity index (χ4n) is 2.69. The molecule has 1 atom stereocenters. The van der Waals surface area contributed by atoms with Crippen molar-refractivity contribution < 1.29 is 4.79 Å². The summed E-state index contributed by atoms with van der Waals surface area (Å²) in [6.45, 7) is 0.701. The number of anilines is 1. The van der Waals surface area contributed by atoms with Gasteiger partial charge in [0.25, 0.3) is 0 Å². The van der Waals surface area contributed by atoms with E-state index >= 15 is 0 Å². The van der Waals surface area contributed by atoms with Gasteiger partial charge in [0, 0.05) is 24.7 Å². The van der Waals surface area contributed by atoms with Crippen LogP contribution in [0, 0.1) is 0 Å². The first-order valence-electron chi connectivity index (χ1n) is 7.45. The van der Waals surface area contributed by atoms with Crippen LogP contribution < -0.4 is 5.73 Å². The summed E-state index contributed by atoms with van der Waals surface area (Å²) in [7, 11) is 1.74. The molecule has 120 valence electrons. The van der Waals surface area contributed by atoms with Crippen molar-refractivity contribution in [2.45, 2.75) is 18.9 Å². The second-order valence-electron chi connectivity index (χ2n) is 5.53. The van der Waals surface area contributed by atoms with E-state index in [0.29, 0.717) is 23.3 Å². The van der Waals surface area contributed by atoms with Gasteiger partial charge in [-0.05, 0) is 36.6 Å². The van der Waals surface area contributed by atoms with Crippen LogP contribution in [0.2, 0.25) is 5.02 Å². The summed E-state index contributed by atoms with van der Waals surface area (Å²) >= 11 is 5.85. The average molecular weight is 332 g/mol. The molecule has 1 fully saturated rings. The first-order chi connectivity index (χ1) is 11.0. The monoisotopic (exact) mass is 331 g/mol. The van der Waals surface area contributed by atoms with Crippen LogP contribution in [0.15, 0.2) is 30.3 Å². The van der Waals surface area contributed by atoms with Gasteiger partial charge < -0.3 is 10.6 Å². The van der Waals surface area contributed by atoms with Crippen LogP contribution >= 0.6 is 11.6 Å². The van der Waals surface area contributed by atoms with Gasteiger partial charge in [0.15, 0.2) is 5.82 Å². The number of rotatable bonds is 3. The fourth-order valence-corrected chi connectivity index (χ4v) is 2.82. The highest BCUT2D eigenvalue weighted by Crippen LogP contribution is 2.30. The predicted molar refractivity (Wildman–Crippen MR) is 89.6 cm³/mol. The molecule has 23 heavy (non-hydrogen) atoms. The minimum atomic E-state index is -0.110. The van der Waals surface area contributed by atoms with Crippen molar-refractivity contribution >= 4 is 29.5 Å². The van der Waals surface area contributed by atoms with E-state index in [9.17, 15) is 4.79 Å². The van der Waals surface area contributed by atoms with Crippen molar-refractivity contribution in [2.24, 2.45) is 7.05 Å². The number of nitrogens with two attached hydrogens (primary N) is 1. The van der Waals surface area contributed by atoms with Crippen molar-refractivity contribution in [1.82, 2.24) is 19.7 Å². The molecule has 0 aliphatic carbocycles. The number of halogens is 1. The highest BCUT2D eigenvalue weighted by atomic mass is 35.5. The van der Waals surface area contributed by atoms with Crippen molar-refractivity contribution in [1.29, 1.82) is 0 Å². The zero-order chi connectivity index (χ0) is 16.4. The topological polar surface area (TPSA) is 77.0 Å². The lowest BCUT2D eigenvalue weighted by atomic mass is 10.2. The molecule has 1 aromatic carbocycles. The summed E-state index contributed by atoms with van der Waals surface area (Å²) in [6, 6.07) is 7.22. The summed E-state index contributed by atoms with van der Waals surface area (Å²) in [5.41, 5.74) is 6.67. The van der Waals surface area contributed by atoms with Gasteiger partial charge >= 0.3 is 0 Å². The Kier molecular flexibility index (Phi) is 4.34. The van der Waals surface area contributed by atoms with Crippen LogP contribution in [0.5, 0.6) is 0 Å². The molecule has 1 amide bonds. The van der Waals surface area contributed by atoms with Crippen LogP contribution in [0.3, 0.4) is 0 Å². The average Bonchev–Trinajstić information content (AvgIpc) is 3.14. The third-order valence-electron chi connectivity index (χ3n) is 3.94. The third-order valence-corrected chi connectivity index (χ3v) is 4.19. The smallest absolute Gasteiger partial charge is 0.247 e. The molecular formula is C16H18ClN5O. The molecule has 3 rings (SSSR count). The van der Waals surface area contributed by atoms with E-state index in [-0.39, 0.29) is 11.9 Å². The maximum atomic E-state index is 12.5. The lowest BCUT2D eigenvalue weighted by molar-refractivity contribution is -0.127. The zero-order valence-electron chi connectivity index (χ0n) is 12.8. The van der Waals surface area contributed by atoms with Crippen LogP contribution in [0.25, 0.3) is 6.08 Å². The van der Waals surface area contributed by atoms with Crippen molar-refractivity contribution in [2.75, 3.05) is 12.3 Å². The van der Waals surface area contributed by atoms with E-state index in [1.165, 1.54) is 4.68 Å².